The minimum atomic E-state index is -0.161. The van der Waals surface area contributed by atoms with Crippen molar-refractivity contribution in [2.45, 2.75) is 33.2 Å². The van der Waals surface area contributed by atoms with E-state index in [-0.39, 0.29) is 18.4 Å². The van der Waals surface area contributed by atoms with Gasteiger partial charge in [0, 0.05) is 6.04 Å². The molecular formula is C15H18N8O. The molecule has 3 aromatic rings. The largest absolute Gasteiger partial charge is 0.293 e. The summed E-state index contributed by atoms with van der Waals surface area (Å²) in [5.41, 5.74) is 1.71. The van der Waals surface area contributed by atoms with Crippen LogP contribution in [0.5, 0.6) is 0 Å². The number of nitrogens with one attached hydrogen (secondary N) is 1. The fourth-order valence-electron chi connectivity index (χ4n) is 2.34. The Hall–Kier alpha value is -3.10. The van der Waals surface area contributed by atoms with Gasteiger partial charge in [0.05, 0.1) is 12.1 Å². The number of nitrogens with zero attached hydrogens (tertiary/aromatic N) is 7. The van der Waals surface area contributed by atoms with Gasteiger partial charge in [-0.3, -0.25) is 10.1 Å². The maximum absolute atomic E-state index is 12.1. The van der Waals surface area contributed by atoms with Crippen molar-refractivity contribution in [3.63, 3.8) is 0 Å². The highest BCUT2D eigenvalue weighted by molar-refractivity contribution is 5.90. The number of aromatic nitrogens is 7. The van der Waals surface area contributed by atoms with E-state index in [1.807, 2.05) is 45.0 Å². The van der Waals surface area contributed by atoms with Crippen LogP contribution in [0, 0.1) is 6.92 Å². The van der Waals surface area contributed by atoms with Crippen molar-refractivity contribution < 1.29 is 4.79 Å². The molecule has 0 spiro atoms. The summed E-state index contributed by atoms with van der Waals surface area (Å²) < 4.78 is 3.33. The zero-order valence-corrected chi connectivity index (χ0v) is 13.7. The van der Waals surface area contributed by atoms with E-state index >= 15 is 0 Å². The topological polar surface area (TPSA) is 103 Å². The number of rotatable bonds is 5. The van der Waals surface area contributed by atoms with Crippen molar-refractivity contribution >= 4 is 11.9 Å². The van der Waals surface area contributed by atoms with Crippen LogP contribution in [0.1, 0.15) is 31.3 Å². The average Bonchev–Trinajstić information content (AvgIpc) is 3.18. The molecule has 0 fully saturated rings. The second-order valence-corrected chi connectivity index (χ2v) is 5.67. The van der Waals surface area contributed by atoms with Gasteiger partial charge in [0.1, 0.15) is 12.2 Å². The Kier molecular flexibility index (Phi) is 4.32. The first-order valence-electron chi connectivity index (χ1n) is 7.58. The van der Waals surface area contributed by atoms with E-state index in [9.17, 15) is 4.79 Å². The lowest BCUT2D eigenvalue weighted by atomic mass is 10.1. The van der Waals surface area contributed by atoms with Crippen LogP contribution in [-0.2, 0) is 11.2 Å². The minimum Gasteiger partial charge on any atom is -0.293 e. The van der Waals surface area contributed by atoms with Crippen LogP contribution in [0.15, 0.2) is 30.6 Å². The van der Waals surface area contributed by atoms with Crippen LogP contribution < -0.4 is 5.32 Å². The maximum Gasteiger partial charge on any atom is 0.248 e. The highest BCUT2D eigenvalue weighted by Gasteiger charge is 2.12. The normalized spacial score (nSPS) is 11.0. The van der Waals surface area contributed by atoms with E-state index in [0.29, 0.717) is 5.95 Å². The SMILES string of the molecule is Cc1nc(NC(=O)Cc2ccc(-n3cnnn3)cc2)nn1C(C)C. The summed E-state index contributed by atoms with van der Waals surface area (Å²) in [4.78, 5) is 16.4. The molecule has 124 valence electrons. The third-order valence-electron chi connectivity index (χ3n) is 3.46. The molecule has 1 amide bonds. The van der Waals surface area contributed by atoms with Gasteiger partial charge in [-0.2, -0.15) is 4.98 Å². The first kappa shape index (κ1) is 15.8. The van der Waals surface area contributed by atoms with E-state index in [2.05, 4.69) is 30.9 Å². The summed E-state index contributed by atoms with van der Waals surface area (Å²) in [5.74, 6) is 0.939. The lowest BCUT2D eigenvalue weighted by molar-refractivity contribution is -0.115. The maximum atomic E-state index is 12.1. The molecule has 2 aromatic heterocycles. The molecule has 0 saturated heterocycles. The van der Waals surface area contributed by atoms with Crippen LogP contribution >= 0.6 is 0 Å². The quantitative estimate of drug-likeness (QED) is 0.758. The lowest BCUT2D eigenvalue weighted by Gasteiger charge is -2.05. The molecule has 0 aliphatic rings. The molecule has 9 nitrogen and oxygen atoms in total. The van der Waals surface area contributed by atoms with Gasteiger partial charge >= 0.3 is 0 Å². The number of carbonyl (C=O) groups is 1. The van der Waals surface area contributed by atoms with E-state index in [1.165, 1.54) is 6.33 Å². The van der Waals surface area contributed by atoms with Crippen molar-refractivity contribution in [2.24, 2.45) is 0 Å². The zero-order chi connectivity index (χ0) is 17.1. The molecule has 0 bridgehead atoms. The van der Waals surface area contributed by atoms with Gasteiger partial charge < -0.3 is 0 Å². The summed E-state index contributed by atoms with van der Waals surface area (Å²) in [6.07, 6.45) is 1.76. The van der Waals surface area contributed by atoms with Gasteiger partial charge in [0.2, 0.25) is 11.9 Å². The Morgan fingerprint density at radius 1 is 1.25 bits per heavy atom. The lowest BCUT2D eigenvalue weighted by Crippen LogP contribution is -2.16. The standard InChI is InChI=1S/C15H18N8O/c1-10(2)23-11(3)17-15(19-23)18-14(24)8-12-4-6-13(7-5-12)22-9-16-20-21-22/h4-7,9-10H,8H2,1-3H3,(H,18,19,24). The first-order chi connectivity index (χ1) is 11.5. The molecule has 0 atom stereocenters. The van der Waals surface area contributed by atoms with Crippen molar-refractivity contribution in [2.75, 3.05) is 5.32 Å². The molecule has 0 aliphatic heterocycles. The molecular weight excluding hydrogens is 308 g/mol. The Labute approximate surface area is 138 Å². The summed E-state index contributed by atoms with van der Waals surface area (Å²) >= 11 is 0. The predicted molar refractivity (Wildman–Crippen MR) is 86.6 cm³/mol. The van der Waals surface area contributed by atoms with Crippen LogP contribution in [0.3, 0.4) is 0 Å². The van der Waals surface area contributed by atoms with Crippen molar-refractivity contribution in [1.82, 2.24) is 35.0 Å². The molecule has 2 heterocycles. The number of tetrazole rings is 1. The van der Waals surface area contributed by atoms with Crippen molar-refractivity contribution in [3.8, 4) is 5.69 Å². The van der Waals surface area contributed by atoms with Gasteiger partial charge in [0.25, 0.3) is 0 Å². The molecule has 1 N–H and O–H groups in total. The molecule has 24 heavy (non-hydrogen) atoms. The van der Waals surface area contributed by atoms with Crippen LogP contribution in [0.25, 0.3) is 5.69 Å². The molecule has 0 unspecified atom stereocenters. The fourth-order valence-corrected chi connectivity index (χ4v) is 2.34. The van der Waals surface area contributed by atoms with Gasteiger partial charge in [-0.1, -0.05) is 12.1 Å². The number of carbonyl (C=O) groups excluding carboxylic acids is 1. The summed E-state index contributed by atoms with van der Waals surface area (Å²) in [5, 5.41) is 18.0. The van der Waals surface area contributed by atoms with E-state index in [0.717, 1.165) is 17.1 Å². The molecule has 0 saturated carbocycles. The Morgan fingerprint density at radius 2 is 2.00 bits per heavy atom. The van der Waals surface area contributed by atoms with Gasteiger partial charge in [-0.25, -0.2) is 9.36 Å². The Balaban J connectivity index is 1.63. The number of benzene rings is 1. The van der Waals surface area contributed by atoms with Crippen LogP contribution in [0.2, 0.25) is 0 Å². The number of anilines is 1. The predicted octanol–water partition coefficient (Wildman–Crippen LogP) is 1.32. The van der Waals surface area contributed by atoms with E-state index in [1.54, 1.807) is 9.36 Å². The number of amides is 1. The average molecular weight is 326 g/mol. The molecule has 9 heteroatoms. The highest BCUT2D eigenvalue weighted by atomic mass is 16.1. The number of hydrogen-bond acceptors (Lipinski definition) is 6. The Bertz CT molecular complexity index is 820. The molecule has 0 aliphatic carbocycles. The minimum absolute atomic E-state index is 0.161. The summed E-state index contributed by atoms with van der Waals surface area (Å²) in [7, 11) is 0. The Morgan fingerprint density at radius 3 is 2.58 bits per heavy atom. The van der Waals surface area contributed by atoms with Crippen molar-refractivity contribution in [3.05, 3.63) is 42.0 Å². The van der Waals surface area contributed by atoms with E-state index in [4.69, 9.17) is 0 Å². The summed E-state index contributed by atoms with van der Waals surface area (Å²) in [6.45, 7) is 5.89. The highest BCUT2D eigenvalue weighted by Crippen LogP contribution is 2.11. The third kappa shape index (κ3) is 3.45. The molecule has 0 radical (unpaired) electrons. The van der Waals surface area contributed by atoms with Gasteiger partial charge in [-0.05, 0) is 48.9 Å². The van der Waals surface area contributed by atoms with Gasteiger partial charge in [0.15, 0.2) is 0 Å². The smallest absolute Gasteiger partial charge is 0.248 e. The second kappa shape index (κ2) is 6.57. The second-order valence-electron chi connectivity index (χ2n) is 5.67. The van der Waals surface area contributed by atoms with Crippen LogP contribution in [-0.4, -0.2) is 40.9 Å². The molecule has 1 aromatic carbocycles. The third-order valence-corrected chi connectivity index (χ3v) is 3.46. The summed E-state index contributed by atoms with van der Waals surface area (Å²) in [6, 6.07) is 7.63. The number of aryl methyl sites for hydroxylation is 1. The van der Waals surface area contributed by atoms with E-state index < -0.39 is 0 Å². The molecule has 3 rings (SSSR count). The number of hydrogen-bond donors (Lipinski definition) is 1. The zero-order valence-electron chi connectivity index (χ0n) is 13.7. The van der Waals surface area contributed by atoms with Crippen molar-refractivity contribution in [1.29, 1.82) is 0 Å². The monoisotopic (exact) mass is 326 g/mol. The fraction of sp³-hybridized carbons (Fsp3) is 0.333. The van der Waals surface area contributed by atoms with Crippen LogP contribution in [0.4, 0.5) is 5.95 Å². The van der Waals surface area contributed by atoms with Gasteiger partial charge in [-0.15, -0.1) is 10.2 Å². The first-order valence-corrected chi connectivity index (χ1v) is 7.58.